The molecule has 6 rings (SSSR count). The number of H-pyrrole nitrogens is 1. The van der Waals surface area contributed by atoms with Crippen LogP contribution in [-0.4, -0.2) is 69.6 Å². The molecule has 198 valence electrons. The molecule has 2 aromatic carbocycles. The lowest BCUT2D eigenvalue weighted by molar-refractivity contribution is -0.135. The van der Waals surface area contributed by atoms with Gasteiger partial charge in [0.2, 0.25) is 5.91 Å². The third-order valence-electron chi connectivity index (χ3n) is 7.50. The molecule has 1 amide bonds. The largest absolute Gasteiger partial charge is 0.492 e. The first-order valence-electron chi connectivity index (χ1n) is 13.3. The molecule has 1 fully saturated rings. The van der Waals surface area contributed by atoms with Crippen LogP contribution in [0, 0.1) is 0 Å². The summed E-state index contributed by atoms with van der Waals surface area (Å²) in [6, 6.07) is 20.2. The number of benzene rings is 2. The van der Waals surface area contributed by atoms with Gasteiger partial charge >= 0.3 is 0 Å². The molecule has 1 saturated heterocycles. The molecule has 0 aliphatic carbocycles. The Kier molecular flexibility index (Phi) is 6.62. The van der Waals surface area contributed by atoms with E-state index in [1.807, 2.05) is 60.5 Å². The zero-order chi connectivity index (χ0) is 26.9. The van der Waals surface area contributed by atoms with E-state index in [0.717, 1.165) is 70.6 Å². The van der Waals surface area contributed by atoms with Crippen LogP contribution in [0.2, 0.25) is 0 Å². The lowest BCUT2D eigenvalue weighted by Gasteiger charge is -2.33. The third-order valence-corrected chi connectivity index (χ3v) is 7.50. The number of carbonyl (C=O) groups excluding carboxylic acids is 1. The Morgan fingerprint density at radius 3 is 2.59 bits per heavy atom. The number of piperazine rings is 1. The van der Waals surface area contributed by atoms with Crippen LogP contribution in [0.5, 0.6) is 5.75 Å². The Balaban J connectivity index is 1.14. The number of rotatable bonds is 7. The van der Waals surface area contributed by atoms with Gasteiger partial charge in [0.05, 0.1) is 17.8 Å². The van der Waals surface area contributed by atoms with Gasteiger partial charge in [-0.15, -0.1) is 0 Å². The SMILES string of the molecule is CCN1CCN(CCOc2ccc(-c3ccc4cc(-c5cn(C)c(=O)c6[nH]ccc56)ccc4n3)cc2)CC1=O. The zero-order valence-corrected chi connectivity index (χ0v) is 22.2. The number of hydrogen-bond donors (Lipinski definition) is 1. The first-order chi connectivity index (χ1) is 19.0. The minimum atomic E-state index is -0.0378. The van der Waals surface area contributed by atoms with Crippen LogP contribution in [0.25, 0.3) is 44.2 Å². The number of nitrogens with one attached hydrogen (secondary N) is 1. The summed E-state index contributed by atoms with van der Waals surface area (Å²) >= 11 is 0. The molecule has 1 aliphatic rings. The van der Waals surface area contributed by atoms with Crippen molar-refractivity contribution in [2.45, 2.75) is 6.92 Å². The van der Waals surface area contributed by atoms with Crippen molar-refractivity contribution in [3.05, 3.63) is 83.4 Å². The van der Waals surface area contributed by atoms with Crippen LogP contribution in [0.15, 0.2) is 77.9 Å². The number of fused-ring (bicyclic) bond motifs is 2. The van der Waals surface area contributed by atoms with Gasteiger partial charge in [0.1, 0.15) is 17.9 Å². The molecule has 0 bridgehead atoms. The highest BCUT2D eigenvalue weighted by Crippen LogP contribution is 2.30. The fraction of sp³-hybridized carbons (Fsp3) is 0.258. The predicted molar refractivity (Wildman–Crippen MR) is 154 cm³/mol. The van der Waals surface area contributed by atoms with Gasteiger partial charge in [-0.1, -0.05) is 12.1 Å². The van der Waals surface area contributed by atoms with Gasteiger partial charge < -0.3 is 19.2 Å². The Labute approximate surface area is 226 Å². The van der Waals surface area contributed by atoms with Crippen molar-refractivity contribution in [2.75, 3.05) is 39.3 Å². The second-order valence-corrected chi connectivity index (χ2v) is 9.95. The number of aromatic amines is 1. The highest BCUT2D eigenvalue weighted by molar-refractivity contribution is 5.97. The molecule has 0 unspecified atom stereocenters. The summed E-state index contributed by atoms with van der Waals surface area (Å²) in [6.07, 6.45) is 3.69. The smallest absolute Gasteiger partial charge is 0.274 e. The highest BCUT2D eigenvalue weighted by Gasteiger charge is 2.22. The normalized spacial score (nSPS) is 14.4. The second-order valence-electron chi connectivity index (χ2n) is 9.95. The minimum absolute atomic E-state index is 0.0378. The molecule has 0 atom stereocenters. The molecule has 8 heteroatoms. The first-order valence-corrected chi connectivity index (χ1v) is 13.3. The van der Waals surface area contributed by atoms with Crippen molar-refractivity contribution in [1.82, 2.24) is 24.3 Å². The first kappa shape index (κ1) is 24.9. The summed E-state index contributed by atoms with van der Waals surface area (Å²) in [6.45, 7) is 6.20. The van der Waals surface area contributed by atoms with Gasteiger partial charge in [-0.25, -0.2) is 4.98 Å². The molecule has 3 aromatic heterocycles. The third kappa shape index (κ3) is 4.91. The number of aromatic nitrogens is 3. The summed E-state index contributed by atoms with van der Waals surface area (Å²) in [5.41, 5.74) is 5.43. The van der Waals surface area contributed by atoms with Gasteiger partial charge in [-0.05, 0) is 61.0 Å². The molecule has 1 N–H and O–H groups in total. The lowest BCUT2D eigenvalue weighted by Crippen LogP contribution is -2.50. The van der Waals surface area contributed by atoms with Gasteiger partial charge in [0.15, 0.2) is 0 Å². The van der Waals surface area contributed by atoms with Gasteiger partial charge in [-0.2, -0.15) is 0 Å². The standard InChI is InChI=1S/C31H31N5O3/c1-3-36-15-14-35(20-29(36)37)16-17-39-24-8-4-21(5-9-24)27-11-7-23-18-22(6-10-28(23)33-27)26-19-34(2)31(38)30-25(26)12-13-32-30/h4-13,18-19,32H,3,14-17,20H2,1-2H3. The van der Waals surface area contributed by atoms with Gasteiger partial charge in [0, 0.05) is 67.5 Å². The minimum Gasteiger partial charge on any atom is -0.492 e. The van der Waals surface area contributed by atoms with Crippen molar-refractivity contribution in [3.63, 3.8) is 0 Å². The number of ether oxygens (including phenoxy) is 1. The zero-order valence-electron chi connectivity index (χ0n) is 22.2. The van der Waals surface area contributed by atoms with E-state index in [4.69, 9.17) is 9.72 Å². The lowest BCUT2D eigenvalue weighted by atomic mass is 10.0. The molecule has 0 saturated carbocycles. The monoisotopic (exact) mass is 521 g/mol. The number of nitrogens with zero attached hydrogens (tertiary/aromatic N) is 4. The summed E-state index contributed by atoms with van der Waals surface area (Å²) in [4.78, 5) is 36.5. The molecule has 5 aromatic rings. The van der Waals surface area contributed by atoms with Crippen LogP contribution in [0.1, 0.15) is 6.92 Å². The van der Waals surface area contributed by atoms with E-state index < -0.39 is 0 Å². The number of likely N-dealkylation sites (N-methyl/N-ethyl adjacent to an activating group) is 1. The number of aryl methyl sites for hydroxylation is 1. The molecule has 0 spiro atoms. The van der Waals surface area contributed by atoms with Crippen LogP contribution in [0.3, 0.4) is 0 Å². The molecule has 4 heterocycles. The Hall–Kier alpha value is -4.43. The number of pyridine rings is 2. The van der Waals surface area contributed by atoms with Crippen molar-refractivity contribution >= 4 is 27.7 Å². The summed E-state index contributed by atoms with van der Waals surface area (Å²) in [5.74, 6) is 0.994. The molecule has 0 radical (unpaired) electrons. The predicted octanol–water partition coefficient (Wildman–Crippen LogP) is 4.29. The van der Waals surface area contributed by atoms with Gasteiger partial charge in [0.25, 0.3) is 5.56 Å². The Morgan fingerprint density at radius 1 is 0.974 bits per heavy atom. The van der Waals surface area contributed by atoms with E-state index in [0.29, 0.717) is 18.7 Å². The summed E-state index contributed by atoms with van der Waals surface area (Å²) < 4.78 is 7.56. The van der Waals surface area contributed by atoms with E-state index in [1.165, 1.54) is 0 Å². The molecular weight excluding hydrogens is 490 g/mol. The average molecular weight is 522 g/mol. The summed E-state index contributed by atoms with van der Waals surface area (Å²) in [7, 11) is 1.77. The maximum absolute atomic E-state index is 12.4. The molecule has 39 heavy (non-hydrogen) atoms. The van der Waals surface area contributed by atoms with Crippen molar-refractivity contribution in [3.8, 4) is 28.1 Å². The maximum atomic E-state index is 12.4. The fourth-order valence-electron chi connectivity index (χ4n) is 5.25. The quantitative estimate of drug-likeness (QED) is 0.346. The number of amides is 1. The summed E-state index contributed by atoms with van der Waals surface area (Å²) in [5, 5.41) is 1.95. The molecule has 1 aliphatic heterocycles. The van der Waals surface area contributed by atoms with Crippen LogP contribution < -0.4 is 10.3 Å². The average Bonchev–Trinajstić information content (AvgIpc) is 3.45. The van der Waals surface area contributed by atoms with Crippen molar-refractivity contribution in [1.29, 1.82) is 0 Å². The van der Waals surface area contributed by atoms with E-state index in [-0.39, 0.29) is 11.5 Å². The number of hydrogen-bond acceptors (Lipinski definition) is 5. The second kappa shape index (κ2) is 10.4. The Bertz CT molecular complexity index is 1720. The molecular formula is C31H31N5O3. The van der Waals surface area contributed by atoms with E-state index in [1.54, 1.807) is 17.8 Å². The van der Waals surface area contributed by atoms with E-state index >= 15 is 0 Å². The van der Waals surface area contributed by atoms with Crippen LogP contribution >= 0.6 is 0 Å². The Morgan fingerprint density at radius 2 is 1.79 bits per heavy atom. The van der Waals surface area contributed by atoms with E-state index in [2.05, 4.69) is 28.1 Å². The molecule has 8 nitrogen and oxygen atoms in total. The van der Waals surface area contributed by atoms with Gasteiger partial charge in [-0.3, -0.25) is 14.5 Å². The topological polar surface area (TPSA) is 83.5 Å². The number of carbonyl (C=O) groups is 1. The van der Waals surface area contributed by atoms with E-state index in [9.17, 15) is 9.59 Å². The highest BCUT2D eigenvalue weighted by atomic mass is 16.5. The van der Waals surface area contributed by atoms with Crippen LogP contribution in [0.4, 0.5) is 0 Å². The maximum Gasteiger partial charge on any atom is 0.274 e. The van der Waals surface area contributed by atoms with Crippen molar-refractivity contribution in [2.24, 2.45) is 7.05 Å². The van der Waals surface area contributed by atoms with Crippen LogP contribution in [-0.2, 0) is 11.8 Å². The van der Waals surface area contributed by atoms with Crippen molar-refractivity contribution < 1.29 is 9.53 Å². The fourth-order valence-corrected chi connectivity index (χ4v) is 5.25.